The fraction of sp³-hybridized carbons (Fsp3) is 0.300. The maximum Gasteiger partial charge on any atom is 0.341 e. The molecule has 1 atom stereocenters. The lowest BCUT2D eigenvalue weighted by Crippen LogP contribution is -2.26. The molecule has 2 rings (SSSR count). The molecule has 0 aliphatic carbocycles. The average Bonchev–Trinajstić information content (AvgIpc) is 2.62. The normalized spacial score (nSPS) is 12.7. The molecule has 0 aromatic heterocycles. The van der Waals surface area contributed by atoms with Gasteiger partial charge in [0.05, 0.1) is 10.5 Å². The van der Waals surface area contributed by atoms with Crippen molar-refractivity contribution in [2.75, 3.05) is 14.1 Å². The number of benzene rings is 2. The fourth-order valence-electron chi connectivity index (χ4n) is 2.53. The van der Waals surface area contributed by atoms with Gasteiger partial charge >= 0.3 is 5.97 Å². The molecule has 0 bridgehead atoms. The highest BCUT2D eigenvalue weighted by molar-refractivity contribution is 7.89. The van der Waals surface area contributed by atoms with Gasteiger partial charge in [-0.05, 0) is 50.6 Å². The monoisotopic (exact) mass is 407 g/mol. The highest BCUT2D eigenvalue weighted by Crippen LogP contribution is 2.20. The summed E-state index contributed by atoms with van der Waals surface area (Å²) < 4.78 is 44.6. The summed E-state index contributed by atoms with van der Waals surface area (Å²) in [5.41, 5.74) is 1.46. The van der Waals surface area contributed by atoms with Crippen LogP contribution in [0.3, 0.4) is 0 Å². The first kappa shape index (κ1) is 21.7. The molecule has 0 saturated carbocycles. The van der Waals surface area contributed by atoms with Crippen molar-refractivity contribution in [2.24, 2.45) is 0 Å². The average molecular weight is 407 g/mol. The SMILES string of the molecule is Cc1ccc(C)c(C(=O)[C@@H](C)OC(=O)c2cc(S(=O)(=O)N(C)C)ccc2F)c1. The number of nitrogens with zero attached hydrogens (tertiary/aromatic N) is 1. The minimum absolute atomic E-state index is 0.251. The van der Waals surface area contributed by atoms with Crippen LogP contribution in [0.2, 0.25) is 0 Å². The van der Waals surface area contributed by atoms with E-state index in [9.17, 15) is 22.4 Å². The highest BCUT2D eigenvalue weighted by Gasteiger charge is 2.26. The first-order valence-electron chi connectivity index (χ1n) is 8.49. The van der Waals surface area contributed by atoms with Gasteiger partial charge in [-0.1, -0.05) is 17.7 Å². The van der Waals surface area contributed by atoms with Gasteiger partial charge in [0.15, 0.2) is 6.10 Å². The lowest BCUT2D eigenvalue weighted by molar-refractivity contribution is 0.0313. The third-order valence-electron chi connectivity index (χ3n) is 4.25. The van der Waals surface area contributed by atoms with Crippen LogP contribution in [0.5, 0.6) is 0 Å². The van der Waals surface area contributed by atoms with Crippen LogP contribution in [0.4, 0.5) is 4.39 Å². The first-order valence-corrected chi connectivity index (χ1v) is 9.93. The number of halogens is 1. The molecule has 0 unspecified atom stereocenters. The number of esters is 1. The molecule has 0 radical (unpaired) electrons. The van der Waals surface area contributed by atoms with Gasteiger partial charge < -0.3 is 4.74 Å². The van der Waals surface area contributed by atoms with Crippen LogP contribution < -0.4 is 0 Å². The minimum atomic E-state index is -3.86. The van der Waals surface area contributed by atoms with Crippen LogP contribution in [0.15, 0.2) is 41.3 Å². The predicted octanol–water partition coefficient (Wildman–Crippen LogP) is 3.12. The van der Waals surface area contributed by atoms with Crippen molar-refractivity contribution >= 4 is 21.8 Å². The third-order valence-corrected chi connectivity index (χ3v) is 6.06. The molecule has 2 aromatic rings. The number of sulfonamides is 1. The van der Waals surface area contributed by atoms with Gasteiger partial charge in [0.25, 0.3) is 0 Å². The maximum absolute atomic E-state index is 14.1. The number of aryl methyl sites for hydroxylation is 2. The van der Waals surface area contributed by atoms with Crippen molar-refractivity contribution in [3.05, 3.63) is 64.5 Å². The van der Waals surface area contributed by atoms with E-state index < -0.39 is 39.3 Å². The van der Waals surface area contributed by atoms with Gasteiger partial charge in [-0.15, -0.1) is 0 Å². The second-order valence-electron chi connectivity index (χ2n) is 6.66. The molecule has 0 heterocycles. The summed E-state index contributed by atoms with van der Waals surface area (Å²) in [5, 5.41) is 0. The van der Waals surface area contributed by atoms with Crippen molar-refractivity contribution in [2.45, 2.75) is 31.8 Å². The van der Waals surface area contributed by atoms with E-state index in [1.165, 1.54) is 21.0 Å². The summed E-state index contributed by atoms with van der Waals surface area (Å²) in [7, 11) is -1.21. The van der Waals surface area contributed by atoms with E-state index in [0.717, 1.165) is 33.6 Å². The number of ether oxygens (including phenoxy) is 1. The quantitative estimate of drug-likeness (QED) is 0.543. The summed E-state index contributed by atoms with van der Waals surface area (Å²) in [4.78, 5) is 24.8. The molecule has 150 valence electrons. The number of hydrogen-bond acceptors (Lipinski definition) is 5. The van der Waals surface area contributed by atoms with Crippen LogP contribution in [0, 0.1) is 19.7 Å². The number of Topliss-reactive ketones (excluding diaryl/α,β-unsaturated/α-hetero) is 1. The second-order valence-corrected chi connectivity index (χ2v) is 8.81. The molecule has 0 aliphatic heterocycles. The Bertz CT molecular complexity index is 1030. The second kappa shape index (κ2) is 8.20. The Labute approximate surface area is 164 Å². The zero-order chi connectivity index (χ0) is 21.2. The standard InChI is InChI=1S/C20H22FNO5S/c1-12-6-7-13(2)16(10-12)19(23)14(3)27-20(24)17-11-15(8-9-18(17)21)28(25,26)22(4)5/h6-11,14H,1-5H3/t14-/m1/s1. The van der Waals surface area contributed by atoms with E-state index in [-0.39, 0.29) is 4.90 Å². The molecule has 0 spiro atoms. The van der Waals surface area contributed by atoms with Crippen molar-refractivity contribution in [1.82, 2.24) is 4.31 Å². The fourth-order valence-corrected chi connectivity index (χ4v) is 3.46. The molecule has 0 amide bonds. The lowest BCUT2D eigenvalue weighted by Gasteiger charge is -2.16. The Kier molecular flexibility index (Phi) is 6.36. The summed E-state index contributed by atoms with van der Waals surface area (Å²) in [6.45, 7) is 4.98. The Balaban J connectivity index is 2.29. The van der Waals surface area contributed by atoms with Gasteiger partial charge in [0.2, 0.25) is 15.8 Å². The lowest BCUT2D eigenvalue weighted by atomic mass is 9.99. The number of ketones is 1. The molecule has 0 saturated heterocycles. The molecule has 28 heavy (non-hydrogen) atoms. The molecule has 6 nitrogen and oxygen atoms in total. The molecule has 0 aliphatic rings. The first-order chi connectivity index (χ1) is 12.9. The number of rotatable bonds is 6. The Morgan fingerprint density at radius 2 is 1.68 bits per heavy atom. The summed E-state index contributed by atoms with van der Waals surface area (Å²) >= 11 is 0. The molecular formula is C20H22FNO5S. The molecular weight excluding hydrogens is 385 g/mol. The van der Waals surface area contributed by atoms with Crippen molar-refractivity contribution < 1.29 is 27.1 Å². The topological polar surface area (TPSA) is 80.8 Å². The summed E-state index contributed by atoms with van der Waals surface area (Å²) in [5.74, 6) is -2.47. The van der Waals surface area contributed by atoms with Crippen LogP contribution >= 0.6 is 0 Å². The van der Waals surface area contributed by atoms with Crippen LogP contribution in [-0.4, -0.2) is 44.7 Å². The minimum Gasteiger partial charge on any atom is -0.451 e. The Morgan fingerprint density at radius 1 is 1.04 bits per heavy atom. The van der Waals surface area contributed by atoms with Crippen LogP contribution in [0.25, 0.3) is 0 Å². The van der Waals surface area contributed by atoms with E-state index in [4.69, 9.17) is 4.74 Å². The van der Waals surface area contributed by atoms with Gasteiger partial charge in [-0.3, -0.25) is 4.79 Å². The molecule has 0 N–H and O–H groups in total. The van der Waals surface area contributed by atoms with Crippen LogP contribution in [0.1, 0.15) is 38.8 Å². The van der Waals surface area contributed by atoms with Gasteiger partial charge in [-0.25, -0.2) is 21.9 Å². The molecule has 0 fully saturated rings. The predicted molar refractivity (Wildman–Crippen MR) is 102 cm³/mol. The van der Waals surface area contributed by atoms with E-state index >= 15 is 0 Å². The van der Waals surface area contributed by atoms with E-state index in [1.54, 1.807) is 19.1 Å². The van der Waals surface area contributed by atoms with Crippen LogP contribution in [-0.2, 0) is 14.8 Å². The Morgan fingerprint density at radius 3 is 2.29 bits per heavy atom. The van der Waals surface area contributed by atoms with Crippen molar-refractivity contribution in [3.8, 4) is 0 Å². The van der Waals surface area contributed by atoms with Crippen molar-refractivity contribution in [3.63, 3.8) is 0 Å². The largest absolute Gasteiger partial charge is 0.451 e. The number of carbonyl (C=O) groups excluding carboxylic acids is 2. The number of hydrogen-bond donors (Lipinski definition) is 0. The van der Waals surface area contributed by atoms with Crippen molar-refractivity contribution in [1.29, 1.82) is 0 Å². The zero-order valence-corrected chi connectivity index (χ0v) is 17.1. The van der Waals surface area contributed by atoms with E-state index in [1.807, 2.05) is 13.0 Å². The summed E-state index contributed by atoms with van der Waals surface area (Å²) in [6.07, 6.45) is -1.17. The number of carbonyl (C=O) groups is 2. The van der Waals surface area contributed by atoms with Gasteiger partial charge in [-0.2, -0.15) is 0 Å². The smallest absolute Gasteiger partial charge is 0.341 e. The molecule has 2 aromatic carbocycles. The van der Waals surface area contributed by atoms with E-state index in [0.29, 0.717) is 5.56 Å². The maximum atomic E-state index is 14.1. The van der Waals surface area contributed by atoms with Gasteiger partial charge in [0.1, 0.15) is 5.82 Å². The summed E-state index contributed by atoms with van der Waals surface area (Å²) in [6, 6.07) is 8.17. The Hall–Kier alpha value is -2.58. The third kappa shape index (κ3) is 4.45. The highest BCUT2D eigenvalue weighted by atomic mass is 32.2. The van der Waals surface area contributed by atoms with Gasteiger partial charge in [0, 0.05) is 19.7 Å². The zero-order valence-electron chi connectivity index (χ0n) is 16.3. The van der Waals surface area contributed by atoms with E-state index in [2.05, 4.69) is 0 Å². The molecule has 8 heteroatoms.